The van der Waals surface area contributed by atoms with E-state index in [9.17, 15) is 0 Å². The zero-order valence-electron chi connectivity index (χ0n) is 9.24. The molecule has 0 unspecified atom stereocenters. The lowest BCUT2D eigenvalue weighted by molar-refractivity contribution is 0.415. The highest BCUT2D eigenvalue weighted by Crippen LogP contribution is 2.28. The molecule has 0 aliphatic heterocycles. The van der Waals surface area contributed by atoms with Crippen LogP contribution in [0, 0.1) is 6.92 Å². The average molecular weight is 255 g/mol. The van der Waals surface area contributed by atoms with Crippen molar-refractivity contribution in [3.63, 3.8) is 0 Å². The van der Waals surface area contributed by atoms with Crippen molar-refractivity contribution in [2.24, 2.45) is 0 Å². The Morgan fingerprint density at radius 2 is 2.06 bits per heavy atom. The fourth-order valence-corrected chi connectivity index (χ4v) is 2.27. The summed E-state index contributed by atoms with van der Waals surface area (Å²) in [5.41, 5.74) is 2.67. The van der Waals surface area contributed by atoms with Crippen LogP contribution in [0.5, 0.6) is 5.75 Å². The molecule has 0 bridgehead atoms. The van der Waals surface area contributed by atoms with E-state index in [1.54, 1.807) is 7.11 Å². The number of hydrogen-bond donors (Lipinski definition) is 0. The fourth-order valence-electron chi connectivity index (χ4n) is 1.51. The molecule has 1 aromatic carbocycles. The Kier molecular flexibility index (Phi) is 3.21. The number of fused-ring (bicyclic) bond motifs is 1. The van der Waals surface area contributed by atoms with Crippen molar-refractivity contribution >= 4 is 34.4 Å². The normalized spacial score (nSPS) is 10.8. The van der Waals surface area contributed by atoms with Crippen LogP contribution in [-0.4, -0.2) is 23.3 Å². The summed E-state index contributed by atoms with van der Waals surface area (Å²) in [6.07, 6.45) is 1.93. The van der Waals surface area contributed by atoms with Gasteiger partial charge in [0, 0.05) is 6.07 Å². The van der Waals surface area contributed by atoms with Gasteiger partial charge in [-0.25, -0.2) is 9.97 Å². The molecule has 1 heterocycles. The van der Waals surface area contributed by atoms with Crippen LogP contribution in [0.25, 0.3) is 11.0 Å². The number of rotatable bonds is 2. The van der Waals surface area contributed by atoms with Gasteiger partial charge in [0.05, 0.1) is 18.1 Å². The predicted octanol–water partition coefficient (Wildman–Crippen LogP) is 3.32. The second kappa shape index (κ2) is 4.47. The number of ether oxygens (including phenoxy) is 1. The van der Waals surface area contributed by atoms with E-state index in [0.29, 0.717) is 5.15 Å². The third-order valence-electron chi connectivity index (χ3n) is 2.29. The van der Waals surface area contributed by atoms with Crippen LogP contribution >= 0.6 is 23.4 Å². The Bertz CT molecular complexity index is 545. The molecule has 2 aromatic rings. The number of thioether (sulfide) groups is 1. The smallest absolute Gasteiger partial charge is 0.161 e. The molecule has 3 nitrogen and oxygen atoms in total. The third kappa shape index (κ3) is 1.95. The Labute approximate surface area is 103 Å². The van der Waals surface area contributed by atoms with Gasteiger partial charge in [-0.15, -0.1) is 11.8 Å². The highest BCUT2D eigenvalue weighted by molar-refractivity contribution is 7.98. The van der Waals surface area contributed by atoms with Crippen LogP contribution in [0.15, 0.2) is 17.2 Å². The lowest BCUT2D eigenvalue weighted by Crippen LogP contribution is -1.93. The molecule has 0 atom stereocenters. The van der Waals surface area contributed by atoms with E-state index in [0.717, 1.165) is 27.4 Å². The molecule has 16 heavy (non-hydrogen) atoms. The van der Waals surface area contributed by atoms with E-state index in [2.05, 4.69) is 9.97 Å². The number of benzene rings is 1. The van der Waals surface area contributed by atoms with Crippen molar-refractivity contribution in [2.75, 3.05) is 13.4 Å². The maximum atomic E-state index is 6.02. The number of hydrogen-bond acceptors (Lipinski definition) is 4. The van der Waals surface area contributed by atoms with E-state index in [-0.39, 0.29) is 0 Å². The molecule has 0 aliphatic carbocycles. The maximum Gasteiger partial charge on any atom is 0.161 e. The van der Waals surface area contributed by atoms with E-state index < -0.39 is 0 Å². The van der Waals surface area contributed by atoms with Crippen molar-refractivity contribution in [3.8, 4) is 5.75 Å². The highest BCUT2D eigenvalue weighted by atomic mass is 35.5. The van der Waals surface area contributed by atoms with Gasteiger partial charge in [-0.1, -0.05) is 11.6 Å². The van der Waals surface area contributed by atoms with Crippen molar-refractivity contribution in [3.05, 3.63) is 22.8 Å². The Morgan fingerprint density at radius 1 is 1.31 bits per heavy atom. The fraction of sp³-hybridized carbons (Fsp3) is 0.273. The topological polar surface area (TPSA) is 35.0 Å². The van der Waals surface area contributed by atoms with Gasteiger partial charge in [0.2, 0.25) is 0 Å². The van der Waals surface area contributed by atoms with Crippen LogP contribution < -0.4 is 4.74 Å². The van der Waals surface area contributed by atoms with Crippen molar-refractivity contribution in [2.45, 2.75) is 11.9 Å². The SMILES string of the molecule is COc1cc(C)c2nc(SC)c(Cl)nc2c1. The molecule has 5 heteroatoms. The van der Waals surface area contributed by atoms with E-state index in [1.165, 1.54) is 11.8 Å². The Hall–Kier alpha value is -1.00. The van der Waals surface area contributed by atoms with Crippen LogP contribution in [0.3, 0.4) is 0 Å². The van der Waals surface area contributed by atoms with E-state index in [4.69, 9.17) is 16.3 Å². The minimum Gasteiger partial charge on any atom is -0.497 e. The molecule has 0 aliphatic rings. The van der Waals surface area contributed by atoms with Gasteiger partial charge in [0.1, 0.15) is 10.8 Å². The minimum absolute atomic E-state index is 0.438. The average Bonchev–Trinajstić information content (AvgIpc) is 2.28. The Morgan fingerprint density at radius 3 is 2.69 bits per heavy atom. The molecule has 0 N–H and O–H groups in total. The van der Waals surface area contributed by atoms with Gasteiger partial charge in [-0.3, -0.25) is 0 Å². The van der Waals surface area contributed by atoms with Gasteiger partial charge in [-0.2, -0.15) is 0 Å². The van der Waals surface area contributed by atoms with Gasteiger partial charge >= 0.3 is 0 Å². The van der Waals surface area contributed by atoms with E-state index >= 15 is 0 Å². The summed E-state index contributed by atoms with van der Waals surface area (Å²) in [6.45, 7) is 1.98. The molecule has 84 valence electrons. The van der Waals surface area contributed by atoms with Gasteiger partial charge in [-0.05, 0) is 24.8 Å². The minimum atomic E-state index is 0.438. The molecule has 0 saturated carbocycles. The predicted molar refractivity (Wildman–Crippen MR) is 67.6 cm³/mol. The lowest BCUT2D eigenvalue weighted by Gasteiger charge is -2.07. The molecule has 0 radical (unpaired) electrons. The zero-order valence-corrected chi connectivity index (χ0v) is 10.8. The van der Waals surface area contributed by atoms with Crippen molar-refractivity contribution < 1.29 is 4.74 Å². The number of aryl methyl sites for hydroxylation is 1. The summed E-state index contributed by atoms with van der Waals surface area (Å²) < 4.78 is 5.18. The number of methoxy groups -OCH3 is 1. The van der Waals surface area contributed by atoms with Crippen LogP contribution in [0.1, 0.15) is 5.56 Å². The quantitative estimate of drug-likeness (QED) is 0.770. The molecular weight excluding hydrogens is 244 g/mol. The summed E-state index contributed by atoms with van der Waals surface area (Å²) in [4.78, 5) is 8.80. The second-order valence-electron chi connectivity index (χ2n) is 3.34. The van der Waals surface area contributed by atoms with Crippen LogP contribution in [-0.2, 0) is 0 Å². The summed E-state index contributed by atoms with van der Waals surface area (Å²) in [5.74, 6) is 0.771. The van der Waals surface area contributed by atoms with Gasteiger partial charge in [0.15, 0.2) is 5.15 Å². The molecule has 0 fully saturated rings. The number of halogens is 1. The van der Waals surface area contributed by atoms with Crippen molar-refractivity contribution in [1.82, 2.24) is 9.97 Å². The second-order valence-corrected chi connectivity index (χ2v) is 4.49. The molecule has 1 aromatic heterocycles. The van der Waals surface area contributed by atoms with Crippen molar-refractivity contribution in [1.29, 1.82) is 0 Å². The van der Waals surface area contributed by atoms with Gasteiger partial charge < -0.3 is 4.74 Å². The maximum absolute atomic E-state index is 6.02. The summed E-state index contributed by atoms with van der Waals surface area (Å²) in [6, 6.07) is 3.78. The van der Waals surface area contributed by atoms with Crippen LogP contribution in [0.2, 0.25) is 5.15 Å². The van der Waals surface area contributed by atoms with E-state index in [1.807, 2.05) is 25.3 Å². The zero-order chi connectivity index (χ0) is 11.7. The first kappa shape index (κ1) is 11.5. The Balaban J connectivity index is 2.75. The molecule has 0 spiro atoms. The van der Waals surface area contributed by atoms with Crippen LogP contribution in [0.4, 0.5) is 0 Å². The first-order valence-electron chi connectivity index (χ1n) is 4.71. The molecule has 0 saturated heterocycles. The highest BCUT2D eigenvalue weighted by Gasteiger charge is 2.09. The molecular formula is C11H11ClN2OS. The van der Waals surface area contributed by atoms with Gasteiger partial charge in [0.25, 0.3) is 0 Å². The summed E-state index contributed by atoms with van der Waals surface area (Å²) in [7, 11) is 1.63. The third-order valence-corrected chi connectivity index (χ3v) is 3.34. The largest absolute Gasteiger partial charge is 0.497 e. The first-order valence-corrected chi connectivity index (χ1v) is 6.32. The lowest BCUT2D eigenvalue weighted by atomic mass is 10.2. The number of nitrogens with zero attached hydrogens (tertiary/aromatic N) is 2. The summed E-state index contributed by atoms with van der Waals surface area (Å²) >= 11 is 7.51. The molecule has 0 amide bonds. The molecule has 2 rings (SSSR count). The standard InChI is InChI=1S/C11H11ClN2OS/c1-6-4-7(15-2)5-8-9(6)14-11(16-3)10(12)13-8/h4-5H,1-3H3. The summed E-state index contributed by atoms with van der Waals surface area (Å²) in [5, 5.41) is 1.19. The first-order chi connectivity index (χ1) is 7.65. The monoisotopic (exact) mass is 254 g/mol. The number of aromatic nitrogens is 2.